The topological polar surface area (TPSA) is 87.5 Å². The number of fused-ring (bicyclic) bond motifs is 1. The Labute approximate surface area is 212 Å². The highest BCUT2D eigenvalue weighted by Gasteiger charge is 2.21. The zero-order valence-electron chi connectivity index (χ0n) is 21.0. The van der Waals surface area contributed by atoms with Crippen molar-refractivity contribution in [2.24, 2.45) is 0 Å². The Bertz CT molecular complexity index is 1100. The summed E-state index contributed by atoms with van der Waals surface area (Å²) in [6.07, 6.45) is 9.77. The minimum atomic E-state index is 0.0176. The molecule has 2 aromatic heterocycles. The van der Waals surface area contributed by atoms with Crippen molar-refractivity contribution < 1.29 is 9.59 Å². The lowest BCUT2D eigenvalue weighted by atomic mass is 10.1. The number of amides is 2. The molecule has 0 aliphatic carbocycles. The molecule has 4 rings (SSSR count). The van der Waals surface area contributed by atoms with Crippen LogP contribution in [0.2, 0.25) is 0 Å². The predicted molar refractivity (Wildman–Crippen MR) is 138 cm³/mol. The molecule has 0 unspecified atom stereocenters. The fourth-order valence-electron chi connectivity index (χ4n) is 4.71. The Morgan fingerprint density at radius 3 is 2.56 bits per heavy atom. The summed E-state index contributed by atoms with van der Waals surface area (Å²) in [5.41, 5.74) is 3.06. The zero-order valence-corrected chi connectivity index (χ0v) is 21.0. The number of pyridine rings is 1. The number of aromatic nitrogens is 4. The van der Waals surface area contributed by atoms with Crippen LogP contribution in [0.15, 0.2) is 61.4 Å². The summed E-state index contributed by atoms with van der Waals surface area (Å²) in [4.78, 5) is 40.4. The van der Waals surface area contributed by atoms with Gasteiger partial charge in [0.05, 0.1) is 0 Å². The highest BCUT2D eigenvalue weighted by molar-refractivity contribution is 5.92. The normalized spacial score (nSPS) is 15.6. The van der Waals surface area contributed by atoms with E-state index in [-0.39, 0.29) is 11.8 Å². The van der Waals surface area contributed by atoms with Crippen LogP contribution in [0.1, 0.15) is 43.7 Å². The van der Waals surface area contributed by atoms with Crippen molar-refractivity contribution in [2.75, 3.05) is 31.1 Å². The third-order valence-corrected chi connectivity index (χ3v) is 6.51. The summed E-state index contributed by atoms with van der Waals surface area (Å²) < 4.78 is 1.75. The van der Waals surface area contributed by atoms with Gasteiger partial charge in [0.2, 0.25) is 11.8 Å². The SMILES string of the molecule is CC(=O)N1CCCN(Cc2cccnc2)CCCN(C(=O)CCCn2cncn2)Cc2ccccc21. The van der Waals surface area contributed by atoms with E-state index in [2.05, 4.69) is 26.0 Å². The molecular weight excluding hydrogens is 454 g/mol. The summed E-state index contributed by atoms with van der Waals surface area (Å²) in [7, 11) is 0. The first-order chi connectivity index (χ1) is 17.6. The van der Waals surface area contributed by atoms with Gasteiger partial charge in [-0.25, -0.2) is 4.98 Å². The summed E-state index contributed by atoms with van der Waals surface area (Å²) in [6, 6.07) is 12.0. The van der Waals surface area contributed by atoms with Gasteiger partial charge < -0.3 is 9.80 Å². The van der Waals surface area contributed by atoms with Crippen molar-refractivity contribution in [3.8, 4) is 0 Å². The molecule has 190 valence electrons. The maximum absolute atomic E-state index is 13.3. The molecule has 0 N–H and O–H groups in total. The van der Waals surface area contributed by atoms with E-state index in [0.717, 1.165) is 43.7 Å². The van der Waals surface area contributed by atoms with Crippen molar-refractivity contribution in [1.82, 2.24) is 29.5 Å². The molecule has 1 aliphatic heterocycles. The summed E-state index contributed by atoms with van der Waals surface area (Å²) >= 11 is 0. The van der Waals surface area contributed by atoms with Crippen LogP contribution in [0.3, 0.4) is 0 Å². The third-order valence-electron chi connectivity index (χ3n) is 6.51. The summed E-state index contributed by atoms with van der Waals surface area (Å²) in [6.45, 7) is 6.62. The molecule has 3 aromatic rings. The maximum Gasteiger partial charge on any atom is 0.223 e. The van der Waals surface area contributed by atoms with Crippen molar-refractivity contribution >= 4 is 17.5 Å². The quantitative estimate of drug-likeness (QED) is 0.529. The number of hydrogen-bond donors (Lipinski definition) is 0. The first-order valence-electron chi connectivity index (χ1n) is 12.7. The van der Waals surface area contributed by atoms with E-state index < -0.39 is 0 Å². The molecule has 0 atom stereocenters. The predicted octanol–water partition coefficient (Wildman–Crippen LogP) is 3.13. The van der Waals surface area contributed by atoms with Gasteiger partial charge in [-0.1, -0.05) is 24.3 Å². The zero-order chi connectivity index (χ0) is 25.2. The molecule has 3 heterocycles. The highest BCUT2D eigenvalue weighted by atomic mass is 16.2. The standard InChI is InChI=1S/C27H35N7O2/c1-23(35)34-17-7-14-31(19-24-8-4-12-28-18-24)13-6-15-32(20-25-9-2-3-10-26(25)34)27(36)11-5-16-33-22-29-21-30-33/h2-4,8-10,12,18,21-22H,5-7,11,13-17,19-20H2,1H3. The molecule has 0 fully saturated rings. The number of anilines is 1. The Morgan fingerprint density at radius 1 is 0.972 bits per heavy atom. The Kier molecular flexibility index (Phi) is 9.15. The average molecular weight is 490 g/mol. The van der Waals surface area contributed by atoms with Gasteiger partial charge >= 0.3 is 0 Å². The van der Waals surface area contributed by atoms with E-state index in [1.807, 2.05) is 46.3 Å². The lowest BCUT2D eigenvalue weighted by molar-refractivity contribution is -0.132. The third kappa shape index (κ3) is 7.21. The number of carbonyl (C=O) groups is 2. The van der Waals surface area contributed by atoms with Crippen LogP contribution in [-0.4, -0.2) is 67.5 Å². The van der Waals surface area contributed by atoms with Gasteiger partial charge in [-0.05, 0) is 42.5 Å². The largest absolute Gasteiger partial charge is 0.338 e. The lowest BCUT2D eigenvalue weighted by Gasteiger charge is -2.31. The fraction of sp³-hybridized carbons (Fsp3) is 0.444. The second-order valence-electron chi connectivity index (χ2n) is 9.22. The van der Waals surface area contributed by atoms with Crippen molar-refractivity contribution in [1.29, 1.82) is 0 Å². The van der Waals surface area contributed by atoms with E-state index in [0.29, 0.717) is 39.0 Å². The Morgan fingerprint density at radius 2 is 1.81 bits per heavy atom. The highest BCUT2D eigenvalue weighted by Crippen LogP contribution is 2.24. The second kappa shape index (κ2) is 12.9. The second-order valence-corrected chi connectivity index (χ2v) is 9.22. The van der Waals surface area contributed by atoms with Crippen LogP contribution >= 0.6 is 0 Å². The van der Waals surface area contributed by atoms with Crippen LogP contribution in [0.25, 0.3) is 0 Å². The van der Waals surface area contributed by atoms with Crippen LogP contribution in [0, 0.1) is 0 Å². The fourth-order valence-corrected chi connectivity index (χ4v) is 4.71. The van der Waals surface area contributed by atoms with Crippen molar-refractivity contribution in [2.45, 2.75) is 52.2 Å². The van der Waals surface area contributed by atoms with Gasteiger partial charge in [-0.15, -0.1) is 0 Å². The van der Waals surface area contributed by atoms with Crippen molar-refractivity contribution in [3.63, 3.8) is 0 Å². The number of rotatable bonds is 6. The van der Waals surface area contributed by atoms with E-state index >= 15 is 0 Å². The summed E-state index contributed by atoms with van der Waals surface area (Å²) in [5.74, 6) is 0.138. The number of benzene rings is 1. The minimum absolute atomic E-state index is 0.0176. The summed E-state index contributed by atoms with van der Waals surface area (Å²) in [5, 5.41) is 4.13. The molecule has 0 radical (unpaired) electrons. The van der Waals surface area contributed by atoms with E-state index in [4.69, 9.17) is 0 Å². The smallest absolute Gasteiger partial charge is 0.223 e. The number of carbonyl (C=O) groups excluding carboxylic acids is 2. The van der Waals surface area contributed by atoms with Crippen molar-refractivity contribution in [3.05, 3.63) is 72.6 Å². The minimum Gasteiger partial charge on any atom is -0.338 e. The molecule has 36 heavy (non-hydrogen) atoms. The molecule has 0 bridgehead atoms. The maximum atomic E-state index is 13.3. The van der Waals surface area contributed by atoms with Crippen LogP contribution in [0.4, 0.5) is 5.69 Å². The molecule has 1 aromatic carbocycles. The van der Waals surface area contributed by atoms with Gasteiger partial charge in [0.25, 0.3) is 0 Å². The molecule has 0 saturated carbocycles. The number of nitrogens with zero attached hydrogens (tertiary/aromatic N) is 7. The van der Waals surface area contributed by atoms with Gasteiger partial charge in [0.1, 0.15) is 12.7 Å². The van der Waals surface area contributed by atoms with Gasteiger partial charge in [0.15, 0.2) is 0 Å². The lowest BCUT2D eigenvalue weighted by Crippen LogP contribution is -2.38. The van der Waals surface area contributed by atoms with Gasteiger partial charge in [-0.2, -0.15) is 5.10 Å². The molecule has 2 amide bonds. The van der Waals surface area contributed by atoms with Gasteiger partial charge in [-0.3, -0.25) is 24.2 Å². The number of para-hydroxylation sites is 1. The van der Waals surface area contributed by atoms with Gasteiger partial charge in [0, 0.05) is 77.2 Å². The molecular formula is C27H35N7O2. The molecule has 9 nitrogen and oxygen atoms in total. The molecule has 0 saturated heterocycles. The van der Waals surface area contributed by atoms with E-state index in [1.165, 1.54) is 11.9 Å². The molecule has 0 spiro atoms. The average Bonchev–Trinajstić information content (AvgIpc) is 3.39. The monoisotopic (exact) mass is 489 g/mol. The van der Waals surface area contributed by atoms with E-state index in [9.17, 15) is 9.59 Å². The van der Waals surface area contributed by atoms with Crippen LogP contribution < -0.4 is 4.90 Å². The van der Waals surface area contributed by atoms with Crippen LogP contribution in [-0.2, 0) is 29.2 Å². The first-order valence-corrected chi connectivity index (χ1v) is 12.7. The Hall–Kier alpha value is -3.59. The Balaban J connectivity index is 1.51. The number of hydrogen-bond acceptors (Lipinski definition) is 6. The number of aryl methyl sites for hydroxylation is 1. The molecule has 9 heteroatoms. The first kappa shape index (κ1) is 25.5. The molecule has 1 aliphatic rings. The van der Waals surface area contributed by atoms with E-state index in [1.54, 1.807) is 24.1 Å². The van der Waals surface area contributed by atoms with Crippen LogP contribution in [0.5, 0.6) is 0 Å².